The summed E-state index contributed by atoms with van der Waals surface area (Å²) in [7, 11) is 0. The number of carbonyl (C=O) groups is 1. The van der Waals surface area contributed by atoms with E-state index in [4.69, 9.17) is 4.98 Å². The lowest BCUT2D eigenvalue weighted by Crippen LogP contribution is -2.38. The van der Waals surface area contributed by atoms with Crippen LogP contribution in [0.4, 0.5) is 5.95 Å². The molecule has 0 atom stereocenters. The Balaban J connectivity index is 1.41. The van der Waals surface area contributed by atoms with E-state index in [0.717, 1.165) is 72.9 Å². The second-order valence-electron chi connectivity index (χ2n) is 8.75. The second kappa shape index (κ2) is 6.08. The van der Waals surface area contributed by atoms with Gasteiger partial charge in [0.2, 0.25) is 5.95 Å². The lowest BCUT2D eigenvalue weighted by Gasteiger charge is -2.33. The van der Waals surface area contributed by atoms with Gasteiger partial charge in [-0.1, -0.05) is 13.8 Å². The van der Waals surface area contributed by atoms with Gasteiger partial charge in [0.15, 0.2) is 0 Å². The molecule has 6 nitrogen and oxygen atoms in total. The van der Waals surface area contributed by atoms with Crippen LogP contribution in [-0.2, 0) is 5.41 Å². The lowest BCUT2D eigenvalue weighted by molar-refractivity contribution is 0.0937. The van der Waals surface area contributed by atoms with Crippen molar-refractivity contribution < 1.29 is 4.79 Å². The van der Waals surface area contributed by atoms with Gasteiger partial charge < -0.3 is 15.2 Å². The first-order valence-electron chi connectivity index (χ1n) is 10.2. The third-order valence-corrected chi connectivity index (χ3v) is 6.72. The normalized spacial score (nSPS) is 21.4. The number of nitrogens with zero attached hydrogens (tertiary/aromatic N) is 3. The van der Waals surface area contributed by atoms with Crippen molar-refractivity contribution in [2.45, 2.75) is 44.9 Å². The molecule has 2 N–H and O–H groups in total. The Morgan fingerprint density at radius 2 is 2.04 bits per heavy atom. The highest BCUT2D eigenvalue weighted by molar-refractivity contribution is 5.98. The molecule has 2 aromatic heterocycles. The predicted molar refractivity (Wildman–Crippen MR) is 105 cm³/mol. The number of anilines is 1. The van der Waals surface area contributed by atoms with Crippen LogP contribution in [-0.4, -0.2) is 40.5 Å². The monoisotopic (exact) mass is 365 g/mol. The maximum atomic E-state index is 12.3. The fourth-order valence-electron chi connectivity index (χ4n) is 4.62. The molecular weight excluding hydrogens is 338 g/mol. The third-order valence-electron chi connectivity index (χ3n) is 6.72. The number of hydrogen-bond acceptors (Lipinski definition) is 4. The number of piperidine rings is 1. The number of aromatic nitrogens is 3. The zero-order valence-electron chi connectivity index (χ0n) is 16.1. The molecule has 1 amide bonds. The summed E-state index contributed by atoms with van der Waals surface area (Å²) >= 11 is 0. The molecule has 0 aromatic carbocycles. The van der Waals surface area contributed by atoms with E-state index < -0.39 is 0 Å². The molecule has 0 bridgehead atoms. The first kappa shape index (κ1) is 16.8. The summed E-state index contributed by atoms with van der Waals surface area (Å²) in [6.45, 7) is 7.40. The minimum atomic E-state index is 0.0232. The van der Waals surface area contributed by atoms with E-state index in [1.54, 1.807) is 0 Å². The highest BCUT2D eigenvalue weighted by Gasteiger charge is 2.50. The van der Waals surface area contributed by atoms with Crippen molar-refractivity contribution in [2.75, 3.05) is 24.5 Å². The van der Waals surface area contributed by atoms with Crippen LogP contribution >= 0.6 is 0 Å². The number of hydrogen-bond donors (Lipinski definition) is 2. The number of fused-ring (bicyclic) bond motifs is 2. The predicted octanol–water partition coefficient (Wildman–Crippen LogP) is 3.12. The van der Waals surface area contributed by atoms with Crippen LogP contribution in [0.2, 0.25) is 0 Å². The first-order valence-corrected chi connectivity index (χ1v) is 10.2. The molecule has 2 aromatic rings. The number of H-pyrrole nitrogens is 1. The number of carbonyl (C=O) groups excluding carboxylic acids is 1. The summed E-state index contributed by atoms with van der Waals surface area (Å²) in [5, 5.41) is 3.03. The van der Waals surface area contributed by atoms with E-state index in [9.17, 15) is 4.79 Å². The van der Waals surface area contributed by atoms with Gasteiger partial charge in [0.25, 0.3) is 5.91 Å². The molecule has 0 unspecified atom stereocenters. The largest absolute Gasteiger partial charge is 0.356 e. The standard InChI is InChI=1S/C21H27N5O/c1-13(2)14-4-9-26(10-5-14)20-22-8-3-16(25-20)17-11-15-18(24-17)21(6-7-21)12-23-19(15)27/h3,8,11,13-14,24H,4-7,9-10,12H2,1-2H3,(H,23,27). The van der Waals surface area contributed by atoms with Crippen molar-refractivity contribution in [3.05, 3.63) is 29.6 Å². The second-order valence-corrected chi connectivity index (χ2v) is 8.75. The smallest absolute Gasteiger partial charge is 0.253 e. The van der Waals surface area contributed by atoms with E-state index in [1.165, 1.54) is 12.8 Å². The maximum Gasteiger partial charge on any atom is 0.253 e. The average molecular weight is 365 g/mol. The molecule has 3 aliphatic rings. The van der Waals surface area contributed by atoms with Gasteiger partial charge in [-0.2, -0.15) is 0 Å². The van der Waals surface area contributed by atoms with Crippen LogP contribution in [0.3, 0.4) is 0 Å². The van der Waals surface area contributed by atoms with Crippen molar-refractivity contribution in [1.82, 2.24) is 20.3 Å². The van der Waals surface area contributed by atoms with Crippen LogP contribution in [0.5, 0.6) is 0 Å². The van der Waals surface area contributed by atoms with Crippen molar-refractivity contribution in [2.24, 2.45) is 11.8 Å². The summed E-state index contributed by atoms with van der Waals surface area (Å²) < 4.78 is 0. The van der Waals surface area contributed by atoms with Gasteiger partial charge in [-0.05, 0) is 49.7 Å². The Hall–Kier alpha value is -2.37. The van der Waals surface area contributed by atoms with Gasteiger partial charge in [-0.15, -0.1) is 0 Å². The zero-order valence-corrected chi connectivity index (χ0v) is 16.1. The topological polar surface area (TPSA) is 73.9 Å². The van der Waals surface area contributed by atoms with Crippen molar-refractivity contribution >= 4 is 11.9 Å². The maximum absolute atomic E-state index is 12.3. The minimum Gasteiger partial charge on any atom is -0.356 e. The van der Waals surface area contributed by atoms with E-state index in [-0.39, 0.29) is 11.3 Å². The van der Waals surface area contributed by atoms with Gasteiger partial charge in [0.1, 0.15) is 0 Å². The Labute approximate surface area is 159 Å². The molecule has 27 heavy (non-hydrogen) atoms. The minimum absolute atomic E-state index is 0.0232. The van der Waals surface area contributed by atoms with Gasteiger partial charge >= 0.3 is 0 Å². The van der Waals surface area contributed by atoms with Crippen molar-refractivity contribution in [1.29, 1.82) is 0 Å². The molecule has 1 aliphatic carbocycles. The zero-order chi connectivity index (χ0) is 18.6. The fraction of sp³-hybridized carbons (Fsp3) is 0.571. The van der Waals surface area contributed by atoms with Crippen LogP contribution in [0.15, 0.2) is 18.3 Å². The van der Waals surface area contributed by atoms with E-state index >= 15 is 0 Å². The fourth-order valence-corrected chi connectivity index (χ4v) is 4.62. The first-order chi connectivity index (χ1) is 13.1. The Bertz CT molecular complexity index is 874. The average Bonchev–Trinajstić information content (AvgIpc) is 3.32. The van der Waals surface area contributed by atoms with Gasteiger partial charge in [0, 0.05) is 36.9 Å². The number of aromatic amines is 1. The van der Waals surface area contributed by atoms with E-state index in [2.05, 4.69) is 34.0 Å². The summed E-state index contributed by atoms with van der Waals surface area (Å²) in [6, 6.07) is 3.89. The van der Waals surface area contributed by atoms with Gasteiger partial charge in [0.05, 0.1) is 17.0 Å². The van der Waals surface area contributed by atoms with Crippen LogP contribution in [0, 0.1) is 11.8 Å². The Morgan fingerprint density at radius 1 is 1.26 bits per heavy atom. The molecule has 6 heteroatoms. The molecule has 2 aliphatic heterocycles. The number of amides is 1. The van der Waals surface area contributed by atoms with E-state index in [0.29, 0.717) is 0 Å². The lowest BCUT2D eigenvalue weighted by atomic mass is 9.87. The molecule has 0 radical (unpaired) electrons. The highest BCUT2D eigenvalue weighted by Crippen LogP contribution is 2.50. The molecule has 1 spiro atoms. The summed E-state index contributed by atoms with van der Waals surface area (Å²) in [6.07, 6.45) is 6.51. The summed E-state index contributed by atoms with van der Waals surface area (Å²) in [4.78, 5) is 27.4. The van der Waals surface area contributed by atoms with Crippen molar-refractivity contribution in [3.63, 3.8) is 0 Å². The number of rotatable bonds is 3. The van der Waals surface area contributed by atoms with Crippen LogP contribution < -0.4 is 10.2 Å². The summed E-state index contributed by atoms with van der Waals surface area (Å²) in [5.41, 5.74) is 3.80. The molecule has 4 heterocycles. The van der Waals surface area contributed by atoms with E-state index in [1.807, 2.05) is 18.3 Å². The number of nitrogens with one attached hydrogen (secondary N) is 2. The quantitative estimate of drug-likeness (QED) is 0.876. The molecule has 2 fully saturated rings. The molecule has 142 valence electrons. The van der Waals surface area contributed by atoms with Crippen LogP contribution in [0.1, 0.15) is 55.6 Å². The molecule has 1 saturated heterocycles. The Morgan fingerprint density at radius 3 is 2.74 bits per heavy atom. The molecule has 1 saturated carbocycles. The SMILES string of the molecule is CC(C)C1CCN(c2nccc(-c3cc4c([nH]3)C3(CC3)CNC4=O)n2)CC1. The van der Waals surface area contributed by atoms with Crippen molar-refractivity contribution in [3.8, 4) is 11.4 Å². The highest BCUT2D eigenvalue weighted by atomic mass is 16.1. The van der Waals surface area contributed by atoms with Crippen LogP contribution in [0.25, 0.3) is 11.4 Å². The summed E-state index contributed by atoms with van der Waals surface area (Å²) in [5.74, 6) is 2.36. The Kier molecular flexibility index (Phi) is 3.78. The third kappa shape index (κ3) is 2.82. The van der Waals surface area contributed by atoms with Gasteiger partial charge in [-0.25, -0.2) is 9.97 Å². The molecular formula is C21H27N5O. The molecule has 5 rings (SSSR count). The van der Waals surface area contributed by atoms with Gasteiger partial charge in [-0.3, -0.25) is 4.79 Å².